The number of carbonyl (C=O) groups excluding carboxylic acids is 2. The van der Waals surface area contributed by atoms with E-state index in [1.54, 1.807) is 43.5 Å². The fraction of sp³-hybridized carbons (Fsp3) is 0.167. The molecule has 1 amide bonds. The lowest BCUT2D eigenvalue weighted by atomic mass is 9.96. The van der Waals surface area contributed by atoms with Crippen LogP contribution >= 0.6 is 11.6 Å². The molecule has 31 heavy (non-hydrogen) atoms. The van der Waals surface area contributed by atoms with E-state index in [1.807, 2.05) is 36.4 Å². The molecule has 6 nitrogen and oxygen atoms in total. The SMILES string of the molecule is COC(=O)CN[C@H](c1ccc(Cl)cc1)c1ccccc1NC(=O)c1cccc(OC)c1. The lowest BCUT2D eigenvalue weighted by Gasteiger charge is -2.22. The van der Waals surface area contributed by atoms with Crippen molar-refractivity contribution >= 4 is 29.2 Å². The monoisotopic (exact) mass is 438 g/mol. The number of benzene rings is 3. The van der Waals surface area contributed by atoms with E-state index in [4.69, 9.17) is 21.1 Å². The van der Waals surface area contributed by atoms with Crippen LogP contribution in [0, 0.1) is 0 Å². The van der Waals surface area contributed by atoms with Gasteiger partial charge in [-0.3, -0.25) is 14.9 Å². The number of esters is 1. The molecule has 0 aromatic heterocycles. The first-order valence-electron chi connectivity index (χ1n) is 9.62. The number of methoxy groups -OCH3 is 2. The molecular formula is C24H23ClN2O4. The summed E-state index contributed by atoms with van der Waals surface area (Å²) in [5.74, 6) is -0.0641. The zero-order valence-corrected chi connectivity index (χ0v) is 18.0. The van der Waals surface area contributed by atoms with Crippen molar-refractivity contribution in [1.29, 1.82) is 0 Å². The maximum absolute atomic E-state index is 12.9. The Hall–Kier alpha value is -3.35. The quantitative estimate of drug-likeness (QED) is 0.508. The average Bonchev–Trinajstić information content (AvgIpc) is 2.81. The van der Waals surface area contributed by atoms with E-state index < -0.39 is 5.97 Å². The Kier molecular flexibility index (Phi) is 7.65. The van der Waals surface area contributed by atoms with E-state index >= 15 is 0 Å². The van der Waals surface area contributed by atoms with Crippen molar-refractivity contribution in [2.45, 2.75) is 6.04 Å². The first-order chi connectivity index (χ1) is 15.0. The molecule has 0 fully saturated rings. The fourth-order valence-corrected chi connectivity index (χ4v) is 3.27. The normalized spacial score (nSPS) is 11.5. The maximum atomic E-state index is 12.9. The molecule has 3 aromatic carbocycles. The lowest BCUT2D eigenvalue weighted by Crippen LogP contribution is -2.30. The van der Waals surface area contributed by atoms with Gasteiger partial charge in [0.15, 0.2) is 0 Å². The third kappa shape index (κ3) is 5.84. The highest BCUT2D eigenvalue weighted by Crippen LogP contribution is 2.30. The molecule has 0 heterocycles. The van der Waals surface area contributed by atoms with Crippen molar-refractivity contribution in [1.82, 2.24) is 5.32 Å². The van der Waals surface area contributed by atoms with Crippen LogP contribution in [0.3, 0.4) is 0 Å². The minimum Gasteiger partial charge on any atom is -0.497 e. The second-order valence-electron chi connectivity index (χ2n) is 6.71. The van der Waals surface area contributed by atoms with Gasteiger partial charge in [0.05, 0.1) is 26.8 Å². The molecule has 0 saturated carbocycles. The number of halogens is 1. The van der Waals surface area contributed by atoms with E-state index in [-0.39, 0.29) is 18.5 Å². The number of hydrogen-bond donors (Lipinski definition) is 2. The molecule has 0 saturated heterocycles. The van der Waals surface area contributed by atoms with Crippen LogP contribution in [0.4, 0.5) is 5.69 Å². The van der Waals surface area contributed by atoms with Gasteiger partial charge in [-0.25, -0.2) is 0 Å². The van der Waals surface area contributed by atoms with Crippen LogP contribution in [-0.4, -0.2) is 32.6 Å². The third-order valence-corrected chi connectivity index (χ3v) is 4.99. The number of nitrogens with one attached hydrogen (secondary N) is 2. The van der Waals surface area contributed by atoms with Gasteiger partial charge in [0.25, 0.3) is 5.91 Å². The van der Waals surface area contributed by atoms with E-state index in [0.717, 1.165) is 11.1 Å². The molecule has 3 rings (SSSR count). The number of para-hydroxylation sites is 1. The molecule has 0 spiro atoms. The van der Waals surface area contributed by atoms with Crippen LogP contribution in [0.2, 0.25) is 5.02 Å². The Morgan fingerprint density at radius 3 is 2.42 bits per heavy atom. The van der Waals surface area contributed by atoms with Crippen molar-refractivity contribution in [3.05, 3.63) is 94.5 Å². The van der Waals surface area contributed by atoms with Gasteiger partial charge in [-0.2, -0.15) is 0 Å². The Morgan fingerprint density at radius 2 is 1.71 bits per heavy atom. The van der Waals surface area contributed by atoms with Gasteiger partial charge in [-0.05, 0) is 47.5 Å². The number of ether oxygens (including phenoxy) is 2. The summed E-state index contributed by atoms with van der Waals surface area (Å²) in [6.45, 7) is 0.00194. The Balaban J connectivity index is 1.93. The summed E-state index contributed by atoms with van der Waals surface area (Å²) >= 11 is 6.04. The van der Waals surface area contributed by atoms with E-state index in [2.05, 4.69) is 10.6 Å². The van der Waals surface area contributed by atoms with Gasteiger partial charge >= 0.3 is 5.97 Å². The van der Waals surface area contributed by atoms with Crippen LogP contribution in [0.5, 0.6) is 5.75 Å². The van der Waals surface area contributed by atoms with Crippen molar-refractivity contribution < 1.29 is 19.1 Å². The fourth-order valence-electron chi connectivity index (χ4n) is 3.14. The molecule has 7 heteroatoms. The number of amides is 1. The highest BCUT2D eigenvalue weighted by Gasteiger charge is 2.20. The molecule has 0 unspecified atom stereocenters. The van der Waals surface area contributed by atoms with E-state index in [1.165, 1.54) is 7.11 Å². The van der Waals surface area contributed by atoms with Gasteiger partial charge in [0.1, 0.15) is 5.75 Å². The molecule has 2 N–H and O–H groups in total. The van der Waals surface area contributed by atoms with Gasteiger partial charge in [-0.1, -0.05) is 48.0 Å². The molecule has 0 aliphatic carbocycles. The molecule has 0 bridgehead atoms. The average molecular weight is 439 g/mol. The zero-order valence-electron chi connectivity index (χ0n) is 17.2. The van der Waals surface area contributed by atoms with Gasteiger partial charge in [-0.15, -0.1) is 0 Å². The van der Waals surface area contributed by atoms with Crippen molar-refractivity contribution in [2.24, 2.45) is 0 Å². The second kappa shape index (κ2) is 10.6. The summed E-state index contributed by atoms with van der Waals surface area (Å²) in [5.41, 5.74) is 2.77. The largest absolute Gasteiger partial charge is 0.497 e. The number of rotatable bonds is 8. The number of anilines is 1. The van der Waals surface area contributed by atoms with E-state index in [0.29, 0.717) is 22.0 Å². The molecule has 160 valence electrons. The molecule has 3 aromatic rings. The van der Waals surface area contributed by atoms with Crippen LogP contribution in [-0.2, 0) is 9.53 Å². The van der Waals surface area contributed by atoms with Crippen LogP contribution < -0.4 is 15.4 Å². The Bertz CT molecular complexity index is 1050. The van der Waals surface area contributed by atoms with Crippen molar-refractivity contribution in [3.8, 4) is 5.75 Å². The molecule has 0 radical (unpaired) electrons. The summed E-state index contributed by atoms with van der Waals surface area (Å²) in [6.07, 6.45) is 0. The minimum atomic E-state index is -0.392. The van der Waals surface area contributed by atoms with Crippen LogP contribution in [0.25, 0.3) is 0 Å². The Labute approximate surface area is 186 Å². The van der Waals surface area contributed by atoms with Gasteiger partial charge in [0.2, 0.25) is 0 Å². The number of hydrogen-bond acceptors (Lipinski definition) is 5. The smallest absolute Gasteiger partial charge is 0.319 e. The van der Waals surface area contributed by atoms with E-state index in [9.17, 15) is 9.59 Å². The predicted octanol–water partition coefficient (Wildman–Crippen LogP) is 4.45. The minimum absolute atomic E-state index is 0.00194. The molecular weight excluding hydrogens is 416 g/mol. The maximum Gasteiger partial charge on any atom is 0.319 e. The summed E-state index contributed by atoms with van der Waals surface area (Å²) in [7, 11) is 2.89. The highest BCUT2D eigenvalue weighted by atomic mass is 35.5. The van der Waals surface area contributed by atoms with Crippen LogP contribution in [0.15, 0.2) is 72.8 Å². The topological polar surface area (TPSA) is 76.7 Å². The first-order valence-corrected chi connectivity index (χ1v) is 9.99. The summed E-state index contributed by atoms with van der Waals surface area (Å²) in [6, 6.07) is 21.3. The Morgan fingerprint density at radius 1 is 0.968 bits per heavy atom. The zero-order chi connectivity index (χ0) is 22.2. The number of carbonyl (C=O) groups is 2. The molecule has 0 aliphatic heterocycles. The van der Waals surface area contributed by atoms with Crippen molar-refractivity contribution in [2.75, 3.05) is 26.1 Å². The van der Waals surface area contributed by atoms with Crippen LogP contribution in [0.1, 0.15) is 27.5 Å². The third-order valence-electron chi connectivity index (χ3n) is 4.73. The molecule has 0 aliphatic rings. The molecule has 1 atom stereocenters. The first kappa shape index (κ1) is 22.3. The summed E-state index contributed by atoms with van der Waals surface area (Å²) in [4.78, 5) is 24.6. The highest BCUT2D eigenvalue weighted by molar-refractivity contribution is 6.30. The lowest BCUT2D eigenvalue weighted by molar-refractivity contribution is -0.139. The summed E-state index contributed by atoms with van der Waals surface area (Å²) < 4.78 is 9.97. The van der Waals surface area contributed by atoms with Gasteiger partial charge in [0, 0.05) is 16.3 Å². The van der Waals surface area contributed by atoms with Crippen molar-refractivity contribution in [3.63, 3.8) is 0 Å². The second-order valence-corrected chi connectivity index (χ2v) is 7.15. The summed E-state index contributed by atoms with van der Waals surface area (Å²) in [5, 5.41) is 6.78. The standard InChI is InChI=1S/C24H23ClN2O4/c1-30-19-7-5-6-17(14-19)24(29)27-21-9-4-3-8-20(21)23(26-15-22(28)31-2)16-10-12-18(25)13-11-16/h3-14,23,26H,15H2,1-2H3,(H,27,29)/t23-/m1/s1. The predicted molar refractivity (Wildman–Crippen MR) is 121 cm³/mol. The van der Waals surface area contributed by atoms with Gasteiger partial charge < -0.3 is 14.8 Å².